The maximum atomic E-state index is 14.0. The lowest BCUT2D eigenvalue weighted by Crippen LogP contribution is -2.52. The number of sulfonamides is 1. The maximum Gasteiger partial charge on any atom is 0.264 e. The molecule has 0 radical (unpaired) electrons. The van der Waals surface area contributed by atoms with Gasteiger partial charge in [-0.25, -0.2) is 8.42 Å². The Kier molecular flexibility index (Phi) is 10.4. The van der Waals surface area contributed by atoms with Gasteiger partial charge >= 0.3 is 0 Å². The molecule has 0 aromatic heterocycles. The summed E-state index contributed by atoms with van der Waals surface area (Å²) in [5.41, 5.74) is 3.91. The molecule has 0 saturated heterocycles. The monoisotopic (exact) mass is 583 g/mol. The van der Waals surface area contributed by atoms with Crippen LogP contribution in [0, 0.1) is 20.8 Å². The number of amides is 2. The Bertz CT molecular complexity index is 1460. The van der Waals surface area contributed by atoms with Crippen molar-refractivity contribution >= 4 is 39.1 Å². The van der Waals surface area contributed by atoms with Crippen LogP contribution in [-0.2, 0) is 26.2 Å². The quantitative estimate of drug-likeness (QED) is 0.309. The highest BCUT2D eigenvalue weighted by atomic mass is 35.5. The molecule has 3 aromatic rings. The normalized spacial score (nSPS) is 12.9. The van der Waals surface area contributed by atoms with E-state index in [1.807, 2.05) is 46.8 Å². The first kappa shape index (κ1) is 31.2. The number of hydrogen-bond acceptors (Lipinski definition) is 4. The fraction of sp³-hybridized carbons (Fsp3) is 0.355. The number of carbonyl (C=O) groups excluding carboxylic acids is 2. The molecule has 0 spiro atoms. The molecule has 0 bridgehead atoms. The van der Waals surface area contributed by atoms with E-state index in [2.05, 4.69) is 5.32 Å². The van der Waals surface area contributed by atoms with Crippen LogP contribution in [0.15, 0.2) is 71.6 Å². The van der Waals surface area contributed by atoms with Gasteiger partial charge in [0.25, 0.3) is 10.0 Å². The van der Waals surface area contributed by atoms with Gasteiger partial charge in [0.15, 0.2) is 0 Å². The van der Waals surface area contributed by atoms with Gasteiger partial charge in [0, 0.05) is 17.6 Å². The fourth-order valence-corrected chi connectivity index (χ4v) is 5.75. The van der Waals surface area contributed by atoms with Gasteiger partial charge in [-0.05, 0) is 94.1 Å². The number of nitrogens with zero attached hydrogens (tertiary/aromatic N) is 2. The molecule has 0 aliphatic heterocycles. The van der Waals surface area contributed by atoms with E-state index in [0.29, 0.717) is 10.7 Å². The summed E-state index contributed by atoms with van der Waals surface area (Å²) < 4.78 is 29.0. The topological polar surface area (TPSA) is 86.8 Å². The summed E-state index contributed by atoms with van der Waals surface area (Å²) >= 11 is 6.20. The van der Waals surface area contributed by atoms with Gasteiger partial charge in [-0.1, -0.05) is 54.4 Å². The van der Waals surface area contributed by atoms with Crippen molar-refractivity contribution in [1.29, 1.82) is 0 Å². The molecule has 2 amide bonds. The van der Waals surface area contributed by atoms with Gasteiger partial charge in [-0.3, -0.25) is 13.9 Å². The first-order chi connectivity index (χ1) is 18.8. The predicted molar refractivity (Wildman–Crippen MR) is 161 cm³/mol. The zero-order valence-corrected chi connectivity index (χ0v) is 25.5. The molecule has 0 saturated carbocycles. The molecule has 0 heterocycles. The summed E-state index contributed by atoms with van der Waals surface area (Å²) in [6.45, 7) is 10.8. The Balaban J connectivity index is 2.05. The van der Waals surface area contributed by atoms with Gasteiger partial charge < -0.3 is 10.2 Å². The van der Waals surface area contributed by atoms with Crippen molar-refractivity contribution in [3.8, 4) is 0 Å². The number of anilines is 1. The number of benzene rings is 3. The van der Waals surface area contributed by atoms with Crippen LogP contribution in [0.4, 0.5) is 5.69 Å². The number of hydrogen-bond donors (Lipinski definition) is 1. The fourth-order valence-electron chi connectivity index (χ4n) is 4.13. The third-order valence-electron chi connectivity index (χ3n) is 7.08. The van der Waals surface area contributed by atoms with Crippen LogP contribution in [0.1, 0.15) is 49.4 Å². The van der Waals surface area contributed by atoms with Crippen molar-refractivity contribution < 1.29 is 18.0 Å². The molecule has 0 fully saturated rings. The second-order valence-electron chi connectivity index (χ2n) is 10.2. The minimum atomic E-state index is -4.11. The third-order valence-corrected chi connectivity index (χ3v) is 9.10. The number of halogens is 1. The Morgan fingerprint density at radius 1 is 0.925 bits per heavy atom. The van der Waals surface area contributed by atoms with E-state index in [1.54, 1.807) is 49.4 Å². The van der Waals surface area contributed by atoms with E-state index in [4.69, 9.17) is 11.6 Å². The maximum absolute atomic E-state index is 14.0. The van der Waals surface area contributed by atoms with Crippen molar-refractivity contribution in [2.45, 2.75) is 71.5 Å². The Morgan fingerprint density at radius 3 is 2.20 bits per heavy atom. The molecule has 0 aliphatic carbocycles. The molecule has 2 atom stereocenters. The van der Waals surface area contributed by atoms with E-state index in [0.717, 1.165) is 33.0 Å². The zero-order chi connectivity index (χ0) is 29.6. The minimum absolute atomic E-state index is 0.0768. The second kappa shape index (κ2) is 13.3. The van der Waals surface area contributed by atoms with Crippen LogP contribution >= 0.6 is 11.6 Å². The minimum Gasteiger partial charge on any atom is -0.352 e. The van der Waals surface area contributed by atoms with Crippen LogP contribution in [0.25, 0.3) is 0 Å². The second-order valence-corrected chi connectivity index (χ2v) is 12.5. The van der Waals surface area contributed by atoms with E-state index in [9.17, 15) is 18.0 Å². The molecule has 7 nitrogen and oxygen atoms in total. The molecular formula is C31H38ClN3O4S. The SMILES string of the molecule is CC[C@@H](C)NC(=O)[C@H](C)N(Cc1cccc(Cl)c1)C(=O)CN(c1ccc(C)c(C)c1)S(=O)(=O)c1ccc(C)cc1. The summed E-state index contributed by atoms with van der Waals surface area (Å²) in [7, 11) is -4.11. The molecule has 0 aliphatic rings. The molecule has 9 heteroatoms. The zero-order valence-electron chi connectivity index (χ0n) is 23.9. The lowest BCUT2D eigenvalue weighted by atomic mass is 10.1. The Hall–Kier alpha value is -3.36. The van der Waals surface area contributed by atoms with Crippen LogP contribution < -0.4 is 9.62 Å². The molecule has 3 aromatic carbocycles. The summed E-state index contributed by atoms with van der Waals surface area (Å²) in [6, 6.07) is 17.9. The molecule has 1 N–H and O–H groups in total. The highest BCUT2D eigenvalue weighted by Crippen LogP contribution is 2.27. The molecule has 3 rings (SSSR count). The van der Waals surface area contributed by atoms with E-state index in [-0.39, 0.29) is 23.4 Å². The van der Waals surface area contributed by atoms with E-state index < -0.39 is 28.5 Å². The first-order valence-corrected chi connectivity index (χ1v) is 15.2. The number of nitrogens with one attached hydrogen (secondary N) is 1. The van der Waals surface area contributed by atoms with Crippen LogP contribution in [0.2, 0.25) is 5.02 Å². The highest BCUT2D eigenvalue weighted by molar-refractivity contribution is 7.92. The van der Waals surface area contributed by atoms with Crippen molar-refractivity contribution in [3.05, 3.63) is 94.0 Å². The summed E-state index contributed by atoms with van der Waals surface area (Å²) in [5, 5.41) is 3.43. The Morgan fingerprint density at radius 2 is 1.60 bits per heavy atom. The van der Waals surface area contributed by atoms with E-state index in [1.165, 1.54) is 17.0 Å². The van der Waals surface area contributed by atoms with Crippen molar-refractivity contribution in [1.82, 2.24) is 10.2 Å². The van der Waals surface area contributed by atoms with Gasteiger partial charge in [-0.15, -0.1) is 0 Å². The van der Waals surface area contributed by atoms with Crippen LogP contribution in [0.3, 0.4) is 0 Å². The average molecular weight is 584 g/mol. The molecule has 40 heavy (non-hydrogen) atoms. The first-order valence-electron chi connectivity index (χ1n) is 13.3. The molecular weight excluding hydrogens is 546 g/mol. The number of rotatable bonds is 11. The molecule has 0 unspecified atom stereocenters. The van der Waals surface area contributed by atoms with Crippen molar-refractivity contribution in [2.75, 3.05) is 10.8 Å². The smallest absolute Gasteiger partial charge is 0.264 e. The standard InChI is InChI=1S/C31H38ClN3O4S/c1-7-24(5)33-31(37)25(6)34(19-26-9-8-10-27(32)18-26)30(36)20-35(28-14-13-22(3)23(4)17-28)40(38,39)29-15-11-21(2)12-16-29/h8-18,24-25H,7,19-20H2,1-6H3,(H,33,37)/t24-,25+/m1/s1. The predicted octanol–water partition coefficient (Wildman–Crippen LogP) is 5.79. The summed E-state index contributed by atoms with van der Waals surface area (Å²) in [5.74, 6) is -0.829. The molecule has 214 valence electrons. The lowest BCUT2D eigenvalue weighted by Gasteiger charge is -2.32. The Labute approximate surface area is 243 Å². The van der Waals surface area contributed by atoms with E-state index >= 15 is 0 Å². The summed E-state index contributed by atoms with van der Waals surface area (Å²) in [4.78, 5) is 28.6. The van der Waals surface area contributed by atoms with Gasteiger partial charge in [-0.2, -0.15) is 0 Å². The number of carbonyl (C=O) groups is 2. The highest BCUT2D eigenvalue weighted by Gasteiger charge is 2.33. The van der Waals surface area contributed by atoms with Crippen molar-refractivity contribution in [2.24, 2.45) is 0 Å². The van der Waals surface area contributed by atoms with Gasteiger partial charge in [0.05, 0.1) is 10.6 Å². The van der Waals surface area contributed by atoms with Crippen LogP contribution in [-0.4, -0.2) is 43.8 Å². The van der Waals surface area contributed by atoms with Gasteiger partial charge in [0.1, 0.15) is 12.6 Å². The van der Waals surface area contributed by atoms with Crippen molar-refractivity contribution in [3.63, 3.8) is 0 Å². The number of aryl methyl sites for hydroxylation is 3. The largest absolute Gasteiger partial charge is 0.352 e. The lowest BCUT2D eigenvalue weighted by molar-refractivity contribution is -0.139. The van der Waals surface area contributed by atoms with Gasteiger partial charge in [0.2, 0.25) is 11.8 Å². The summed E-state index contributed by atoms with van der Waals surface area (Å²) in [6.07, 6.45) is 0.732. The third kappa shape index (κ3) is 7.64. The van der Waals surface area contributed by atoms with Crippen LogP contribution in [0.5, 0.6) is 0 Å². The average Bonchev–Trinajstić information content (AvgIpc) is 2.91.